The highest BCUT2D eigenvalue weighted by Gasteiger charge is 2.24. The zero-order valence-electron chi connectivity index (χ0n) is 10.7. The maximum absolute atomic E-state index is 12.1. The van der Waals surface area contributed by atoms with Crippen LogP contribution in [0.4, 0.5) is 0 Å². The molecular weight excluding hydrogens is 216 g/mol. The minimum absolute atomic E-state index is 0.110. The van der Waals surface area contributed by atoms with Gasteiger partial charge in [0.2, 0.25) is 5.76 Å². The van der Waals surface area contributed by atoms with Crippen molar-refractivity contribution in [1.29, 1.82) is 0 Å². The summed E-state index contributed by atoms with van der Waals surface area (Å²) in [7, 11) is 0. The van der Waals surface area contributed by atoms with Crippen molar-refractivity contribution < 1.29 is 9.21 Å². The summed E-state index contributed by atoms with van der Waals surface area (Å²) in [6.45, 7) is 5.81. The average molecular weight is 236 g/mol. The Balaban J connectivity index is 2.12. The van der Waals surface area contributed by atoms with Gasteiger partial charge in [0.25, 0.3) is 5.91 Å². The first-order valence-electron chi connectivity index (χ1n) is 6.36. The molecule has 1 N–H and O–H groups in total. The van der Waals surface area contributed by atoms with E-state index in [1.165, 1.54) is 12.8 Å². The topological polar surface area (TPSA) is 55.1 Å². The number of amides is 1. The molecule has 2 rings (SSSR count). The maximum Gasteiger partial charge on any atom is 0.289 e. The van der Waals surface area contributed by atoms with Crippen LogP contribution < -0.4 is 5.32 Å². The zero-order chi connectivity index (χ0) is 12.4. The Kier molecular flexibility index (Phi) is 3.50. The number of rotatable bonds is 3. The van der Waals surface area contributed by atoms with E-state index in [4.69, 9.17) is 4.42 Å². The molecular formula is C13H20N2O2. The van der Waals surface area contributed by atoms with Crippen molar-refractivity contribution in [1.82, 2.24) is 10.3 Å². The molecule has 0 aromatic carbocycles. The third-order valence-electron chi connectivity index (χ3n) is 3.20. The molecule has 0 bridgehead atoms. The number of carbonyl (C=O) groups is 1. The first kappa shape index (κ1) is 12.1. The smallest absolute Gasteiger partial charge is 0.289 e. The predicted octanol–water partition coefficient (Wildman–Crippen LogP) is 2.78. The summed E-state index contributed by atoms with van der Waals surface area (Å²) in [4.78, 5) is 16.4. The molecule has 1 saturated carbocycles. The van der Waals surface area contributed by atoms with Crippen LogP contribution in [0.15, 0.2) is 4.42 Å². The van der Waals surface area contributed by atoms with Gasteiger partial charge in [-0.3, -0.25) is 4.79 Å². The highest BCUT2D eigenvalue weighted by molar-refractivity contribution is 5.92. The molecule has 0 radical (unpaired) electrons. The Morgan fingerprint density at radius 3 is 2.65 bits per heavy atom. The Morgan fingerprint density at radius 2 is 2.06 bits per heavy atom. The molecule has 0 atom stereocenters. The Morgan fingerprint density at radius 1 is 1.41 bits per heavy atom. The third kappa shape index (κ3) is 2.68. The van der Waals surface area contributed by atoms with E-state index in [1.54, 1.807) is 6.92 Å². The summed E-state index contributed by atoms with van der Waals surface area (Å²) in [5.41, 5.74) is 0.762. The van der Waals surface area contributed by atoms with Crippen LogP contribution in [0.2, 0.25) is 0 Å². The molecule has 0 unspecified atom stereocenters. The van der Waals surface area contributed by atoms with E-state index in [0.29, 0.717) is 17.7 Å². The van der Waals surface area contributed by atoms with Crippen LogP contribution in [-0.4, -0.2) is 16.9 Å². The highest BCUT2D eigenvalue weighted by Crippen LogP contribution is 2.22. The van der Waals surface area contributed by atoms with Gasteiger partial charge >= 0.3 is 0 Å². The molecule has 17 heavy (non-hydrogen) atoms. The quantitative estimate of drug-likeness (QED) is 0.878. The molecule has 1 amide bonds. The summed E-state index contributed by atoms with van der Waals surface area (Å²) < 4.78 is 5.42. The van der Waals surface area contributed by atoms with E-state index in [2.05, 4.69) is 10.3 Å². The Bertz CT molecular complexity index is 404. The van der Waals surface area contributed by atoms with E-state index < -0.39 is 0 Å². The molecule has 1 aliphatic carbocycles. The fourth-order valence-electron chi connectivity index (χ4n) is 2.32. The molecule has 1 heterocycles. The van der Waals surface area contributed by atoms with E-state index in [1.807, 2.05) is 13.8 Å². The second kappa shape index (κ2) is 4.90. The van der Waals surface area contributed by atoms with Crippen molar-refractivity contribution in [3.63, 3.8) is 0 Å². The van der Waals surface area contributed by atoms with Gasteiger partial charge < -0.3 is 9.73 Å². The number of aromatic nitrogens is 1. The molecule has 0 aliphatic heterocycles. The van der Waals surface area contributed by atoms with Gasteiger partial charge in [-0.05, 0) is 18.8 Å². The minimum Gasteiger partial charge on any atom is -0.436 e. The van der Waals surface area contributed by atoms with Crippen LogP contribution in [0.3, 0.4) is 0 Å². The molecule has 1 aromatic heterocycles. The normalized spacial score (nSPS) is 16.7. The monoisotopic (exact) mass is 236 g/mol. The van der Waals surface area contributed by atoms with Crippen LogP contribution in [0.25, 0.3) is 0 Å². The van der Waals surface area contributed by atoms with E-state index in [0.717, 1.165) is 18.5 Å². The summed E-state index contributed by atoms with van der Waals surface area (Å²) in [6.07, 6.45) is 4.57. The number of nitrogens with zero attached hydrogens (tertiary/aromatic N) is 1. The second-order valence-electron chi connectivity index (χ2n) is 5.06. The molecule has 4 nitrogen and oxygen atoms in total. The van der Waals surface area contributed by atoms with Crippen LogP contribution >= 0.6 is 0 Å². The van der Waals surface area contributed by atoms with Crippen molar-refractivity contribution in [2.45, 2.75) is 58.4 Å². The van der Waals surface area contributed by atoms with Gasteiger partial charge in [-0.15, -0.1) is 0 Å². The standard InChI is InChI=1S/C13H20N2O2/c1-8(2)11-12(17-9(3)14-11)13(16)15-10-6-4-5-7-10/h8,10H,4-7H2,1-3H3,(H,15,16). The lowest BCUT2D eigenvalue weighted by atomic mass is 10.1. The summed E-state index contributed by atoms with van der Waals surface area (Å²) in [6, 6.07) is 0.313. The largest absolute Gasteiger partial charge is 0.436 e. The Hall–Kier alpha value is -1.32. The van der Waals surface area contributed by atoms with Gasteiger partial charge in [-0.25, -0.2) is 4.98 Å². The molecule has 4 heteroatoms. The fraction of sp³-hybridized carbons (Fsp3) is 0.692. The highest BCUT2D eigenvalue weighted by atomic mass is 16.4. The zero-order valence-corrected chi connectivity index (χ0v) is 10.7. The SMILES string of the molecule is Cc1nc(C(C)C)c(C(=O)NC2CCCC2)o1. The lowest BCUT2D eigenvalue weighted by Crippen LogP contribution is -2.33. The Labute approximate surface area is 102 Å². The lowest BCUT2D eigenvalue weighted by Gasteiger charge is -2.11. The van der Waals surface area contributed by atoms with E-state index in [9.17, 15) is 4.79 Å². The lowest BCUT2D eigenvalue weighted by molar-refractivity contribution is 0.0906. The van der Waals surface area contributed by atoms with Gasteiger partial charge in [0, 0.05) is 13.0 Å². The van der Waals surface area contributed by atoms with E-state index >= 15 is 0 Å². The minimum atomic E-state index is -0.110. The average Bonchev–Trinajstić information content (AvgIpc) is 2.86. The van der Waals surface area contributed by atoms with E-state index in [-0.39, 0.29) is 11.8 Å². The number of oxazole rings is 1. The maximum atomic E-state index is 12.1. The molecule has 1 aliphatic rings. The molecule has 0 saturated heterocycles. The summed E-state index contributed by atoms with van der Waals surface area (Å²) in [5, 5.41) is 3.03. The van der Waals surface area contributed by atoms with Gasteiger partial charge in [-0.2, -0.15) is 0 Å². The third-order valence-corrected chi connectivity index (χ3v) is 3.20. The number of hydrogen-bond donors (Lipinski definition) is 1. The van der Waals surface area contributed by atoms with Crippen LogP contribution in [0.5, 0.6) is 0 Å². The van der Waals surface area contributed by atoms with Crippen molar-refractivity contribution in [3.05, 3.63) is 17.3 Å². The van der Waals surface area contributed by atoms with Gasteiger partial charge in [0.1, 0.15) is 0 Å². The number of carbonyl (C=O) groups excluding carboxylic acids is 1. The van der Waals surface area contributed by atoms with Crippen molar-refractivity contribution in [3.8, 4) is 0 Å². The number of hydrogen-bond acceptors (Lipinski definition) is 3. The van der Waals surface area contributed by atoms with Gasteiger partial charge in [-0.1, -0.05) is 26.7 Å². The summed E-state index contributed by atoms with van der Waals surface area (Å²) >= 11 is 0. The second-order valence-corrected chi connectivity index (χ2v) is 5.06. The summed E-state index contributed by atoms with van der Waals surface area (Å²) in [5.74, 6) is 1.05. The van der Waals surface area contributed by atoms with Crippen molar-refractivity contribution in [2.24, 2.45) is 0 Å². The molecule has 1 aromatic rings. The van der Waals surface area contributed by atoms with Gasteiger partial charge in [0.05, 0.1) is 5.69 Å². The predicted molar refractivity (Wildman–Crippen MR) is 65.1 cm³/mol. The number of aryl methyl sites for hydroxylation is 1. The van der Waals surface area contributed by atoms with Crippen LogP contribution in [-0.2, 0) is 0 Å². The van der Waals surface area contributed by atoms with Crippen molar-refractivity contribution >= 4 is 5.91 Å². The molecule has 94 valence electrons. The number of nitrogens with one attached hydrogen (secondary N) is 1. The van der Waals surface area contributed by atoms with Crippen molar-refractivity contribution in [2.75, 3.05) is 0 Å². The fourth-order valence-corrected chi connectivity index (χ4v) is 2.32. The van der Waals surface area contributed by atoms with Gasteiger partial charge in [0.15, 0.2) is 5.89 Å². The molecule has 1 fully saturated rings. The first-order chi connectivity index (χ1) is 8.08. The van der Waals surface area contributed by atoms with Crippen LogP contribution in [0.1, 0.15) is 67.6 Å². The first-order valence-corrected chi connectivity index (χ1v) is 6.36. The van der Waals surface area contributed by atoms with Crippen LogP contribution in [0, 0.1) is 6.92 Å². The molecule has 0 spiro atoms.